The molecule has 0 radical (unpaired) electrons. The van der Waals surface area contributed by atoms with Gasteiger partial charge >= 0.3 is 0 Å². The average Bonchev–Trinajstić information content (AvgIpc) is 2.97. The molecule has 1 saturated heterocycles. The first-order valence-corrected chi connectivity index (χ1v) is 8.07. The van der Waals surface area contributed by atoms with E-state index in [4.69, 9.17) is 0 Å². The van der Waals surface area contributed by atoms with Gasteiger partial charge in [0.1, 0.15) is 0 Å². The second-order valence-corrected chi connectivity index (χ2v) is 6.60. The van der Waals surface area contributed by atoms with E-state index in [9.17, 15) is 5.11 Å². The summed E-state index contributed by atoms with van der Waals surface area (Å²) in [7, 11) is 2.03. The maximum Gasteiger partial charge on any atom is 0.0597 e. The summed E-state index contributed by atoms with van der Waals surface area (Å²) in [4.78, 5) is 2.60. The Morgan fingerprint density at radius 2 is 2.10 bits per heavy atom. The third-order valence-corrected chi connectivity index (χ3v) is 5.15. The van der Waals surface area contributed by atoms with Crippen molar-refractivity contribution in [1.82, 2.24) is 14.7 Å². The number of aryl methyl sites for hydroxylation is 2. The molecule has 20 heavy (non-hydrogen) atoms. The minimum Gasteiger partial charge on any atom is -0.393 e. The van der Waals surface area contributed by atoms with Crippen LogP contribution in [0.2, 0.25) is 0 Å². The Bertz CT molecular complexity index is 457. The molecule has 3 unspecified atom stereocenters. The minimum atomic E-state index is -0.0751. The molecular formula is C16H27N3O. The van der Waals surface area contributed by atoms with Crippen molar-refractivity contribution < 1.29 is 5.11 Å². The third-order valence-electron chi connectivity index (χ3n) is 5.15. The molecule has 1 N–H and O–H groups in total. The number of aromatic nitrogens is 2. The Hall–Kier alpha value is -0.870. The smallest absolute Gasteiger partial charge is 0.0597 e. The summed E-state index contributed by atoms with van der Waals surface area (Å²) in [5.41, 5.74) is 2.39. The molecule has 0 aromatic carbocycles. The van der Waals surface area contributed by atoms with Crippen LogP contribution in [-0.2, 0) is 13.6 Å². The molecule has 4 heteroatoms. The SMILES string of the molecule is Cc1cc(CN2CCCCC2C2CCCC2O)n(C)n1. The zero-order valence-electron chi connectivity index (χ0n) is 12.8. The molecular weight excluding hydrogens is 250 g/mol. The van der Waals surface area contributed by atoms with Gasteiger partial charge in [-0.2, -0.15) is 5.10 Å². The molecule has 2 fully saturated rings. The summed E-state index contributed by atoms with van der Waals surface area (Å²) < 4.78 is 2.01. The standard InChI is InChI=1S/C16H27N3O/c1-12-10-13(18(2)17-12)11-19-9-4-3-7-15(19)14-6-5-8-16(14)20/h10,14-16,20H,3-9,11H2,1-2H3. The maximum absolute atomic E-state index is 10.2. The minimum absolute atomic E-state index is 0.0751. The van der Waals surface area contributed by atoms with Gasteiger partial charge in [0.25, 0.3) is 0 Å². The first-order chi connectivity index (χ1) is 9.65. The van der Waals surface area contributed by atoms with Crippen molar-refractivity contribution in [3.8, 4) is 0 Å². The van der Waals surface area contributed by atoms with Gasteiger partial charge in [0.2, 0.25) is 0 Å². The van der Waals surface area contributed by atoms with Crippen molar-refractivity contribution in [2.24, 2.45) is 13.0 Å². The van der Waals surface area contributed by atoms with Crippen LogP contribution in [0.1, 0.15) is 49.9 Å². The van der Waals surface area contributed by atoms with E-state index in [0.717, 1.165) is 25.2 Å². The van der Waals surface area contributed by atoms with Gasteiger partial charge < -0.3 is 5.11 Å². The van der Waals surface area contributed by atoms with Crippen LogP contribution in [0, 0.1) is 12.8 Å². The molecule has 3 rings (SSSR count). The van der Waals surface area contributed by atoms with Gasteiger partial charge in [-0.15, -0.1) is 0 Å². The predicted molar refractivity (Wildman–Crippen MR) is 79.3 cm³/mol. The fourth-order valence-electron chi connectivity index (χ4n) is 4.14. The number of aliphatic hydroxyl groups excluding tert-OH is 1. The van der Waals surface area contributed by atoms with Crippen LogP contribution in [0.5, 0.6) is 0 Å². The highest BCUT2D eigenvalue weighted by Crippen LogP contribution is 2.35. The summed E-state index contributed by atoms with van der Waals surface area (Å²) >= 11 is 0. The van der Waals surface area contributed by atoms with Crippen LogP contribution in [-0.4, -0.2) is 38.5 Å². The zero-order chi connectivity index (χ0) is 14.1. The molecule has 1 aromatic heterocycles. The molecule has 1 saturated carbocycles. The zero-order valence-corrected chi connectivity index (χ0v) is 12.8. The largest absolute Gasteiger partial charge is 0.393 e. The quantitative estimate of drug-likeness (QED) is 0.921. The first kappa shape index (κ1) is 14.1. The van der Waals surface area contributed by atoms with Crippen LogP contribution >= 0.6 is 0 Å². The molecule has 1 aliphatic carbocycles. The number of aliphatic hydroxyl groups is 1. The fourth-order valence-corrected chi connectivity index (χ4v) is 4.14. The number of nitrogens with zero attached hydrogens (tertiary/aromatic N) is 3. The summed E-state index contributed by atoms with van der Waals surface area (Å²) in [5.74, 6) is 0.490. The van der Waals surface area contributed by atoms with Crippen molar-refractivity contribution in [2.75, 3.05) is 6.54 Å². The van der Waals surface area contributed by atoms with Gasteiger partial charge in [-0.1, -0.05) is 12.8 Å². The Morgan fingerprint density at radius 3 is 2.75 bits per heavy atom. The molecule has 0 spiro atoms. The van der Waals surface area contributed by atoms with Crippen LogP contribution in [0.25, 0.3) is 0 Å². The van der Waals surface area contributed by atoms with Crippen LogP contribution in [0.4, 0.5) is 0 Å². The van der Waals surface area contributed by atoms with Gasteiger partial charge in [0.05, 0.1) is 17.5 Å². The van der Waals surface area contributed by atoms with Crippen molar-refractivity contribution in [2.45, 2.75) is 64.1 Å². The Morgan fingerprint density at radius 1 is 1.25 bits per heavy atom. The predicted octanol–water partition coefficient (Wildman–Crippen LogP) is 2.24. The number of hydrogen-bond acceptors (Lipinski definition) is 3. The lowest BCUT2D eigenvalue weighted by Crippen LogP contribution is -2.46. The van der Waals surface area contributed by atoms with Gasteiger partial charge in [0, 0.05) is 25.6 Å². The Balaban J connectivity index is 1.73. The molecule has 1 aliphatic heterocycles. The molecule has 4 nitrogen and oxygen atoms in total. The van der Waals surface area contributed by atoms with Gasteiger partial charge in [-0.3, -0.25) is 9.58 Å². The summed E-state index contributed by atoms with van der Waals surface area (Å²) in [6, 6.07) is 2.76. The summed E-state index contributed by atoms with van der Waals surface area (Å²) in [6.45, 7) is 4.20. The van der Waals surface area contributed by atoms with Crippen LogP contribution in [0.15, 0.2) is 6.07 Å². The van der Waals surface area contributed by atoms with Crippen molar-refractivity contribution >= 4 is 0 Å². The monoisotopic (exact) mass is 277 g/mol. The second-order valence-electron chi connectivity index (χ2n) is 6.60. The van der Waals surface area contributed by atoms with E-state index in [1.807, 2.05) is 11.7 Å². The lowest BCUT2D eigenvalue weighted by atomic mass is 9.87. The molecule has 2 heterocycles. The third kappa shape index (κ3) is 2.77. The van der Waals surface area contributed by atoms with Gasteiger partial charge in [0.15, 0.2) is 0 Å². The highest BCUT2D eigenvalue weighted by molar-refractivity contribution is 5.09. The molecule has 112 valence electrons. The van der Waals surface area contributed by atoms with Crippen LogP contribution < -0.4 is 0 Å². The number of likely N-dealkylation sites (tertiary alicyclic amines) is 1. The second kappa shape index (κ2) is 5.86. The fraction of sp³-hybridized carbons (Fsp3) is 0.812. The number of piperidine rings is 1. The number of rotatable bonds is 3. The number of hydrogen-bond donors (Lipinski definition) is 1. The highest BCUT2D eigenvalue weighted by atomic mass is 16.3. The van der Waals surface area contributed by atoms with E-state index < -0.39 is 0 Å². The molecule has 2 aliphatic rings. The van der Waals surface area contributed by atoms with Crippen molar-refractivity contribution in [1.29, 1.82) is 0 Å². The molecule has 1 aromatic rings. The Kier molecular flexibility index (Phi) is 4.13. The maximum atomic E-state index is 10.2. The lowest BCUT2D eigenvalue weighted by Gasteiger charge is -2.40. The lowest BCUT2D eigenvalue weighted by molar-refractivity contribution is 0.0301. The molecule has 0 bridgehead atoms. The van der Waals surface area contributed by atoms with Gasteiger partial charge in [-0.05, 0) is 45.2 Å². The van der Waals surface area contributed by atoms with E-state index in [0.29, 0.717) is 12.0 Å². The van der Waals surface area contributed by atoms with E-state index in [1.165, 1.54) is 37.8 Å². The summed E-state index contributed by atoms with van der Waals surface area (Å²) in [6.07, 6.45) is 7.17. The van der Waals surface area contributed by atoms with Crippen molar-refractivity contribution in [3.63, 3.8) is 0 Å². The first-order valence-electron chi connectivity index (χ1n) is 8.07. The van der Waals surface area contributed by atoms with E-state index in [-0.39, 0.29) is 6.10 Å². The van der Waals surface area contributed by atoms with E-state index in [2.05, 4.69) is 23.0 Å². The Labute approximate surface area is 121 Å². The normalized spacial score (nSPS) is 31.9. The average molecular weight is 277 g/mol. The summed E-state index contributed by atoms with van der Waals surface area (Å²) in [5, 5.41) is 14.7. The van der Waals surface area contributed by atoms with E-state index >= 15 is 0 Å². The van der Waals surface area contributed by atoms with Crippen LogP contribution in [0.3, 0.4) is 0 Å². The highest BCUT2D eigenvalue weighted by Gasteiger charge is 2.37. The molecule has 3 atom stereocenters. The van der Waals surface area contributed by atoms with E-state index in [1.54, 1.807) is 0 Å². The molecule has 0 amide bonds. The topological polar surface area (TPSA) is 41.3 Å². The van der Waals surface area contributed by atoms with Crippen molar-refractivity contribution in [3.05, 3.63) is 17.5 Å². The van der Waals surface area contributed by atoms with Gasteiger partial charge in [-0.25, -0.2) is 0 Å².